The number of allylic oxidation sites excluding steroid dienone is 4. The summed E-state index contributed by atoms with van der Waals surface area (Å²) in [6.07, 6.45) is 11.7. The molecule has 0 fully saturated rings. The summed E-state index contributed by atoms with van der Waals surface area (Å²) in [6, 6.07) is 3.28. The second-order valence-corrected chi connectivity index (χ2v) is 5.80. The average molecular weight is 318 g/mol. The summed E-state index contributed by atoms with van der Waals surface area (Å²) in [5.41, 5.74) is 1.53. The molecule has 124 valence electrons. The number of hydrogen-bond acceptors (Lipinski definition) is 1. The number of halogens is 2. The Morgan fingerprint density at radius 3 is 2.78 bits per heavy atom. The van der Waals surface area contributed by atoms with Crippen LogP contribution in [0.1, 0.15) is 43.7 Å². The predicted octanol–water partition coefficient (Wildman–Crippen LogP) is 5.82. The third kappa shape index (κ3) is 4.61. The predicted molar refractivity (Wildman–Crippen MR) is 91.0 cm³/mol. The van der Waals surface area contributed by atoms with Gasteiger partial charge in [0.15, 0.2) is 11.6 Å². The molecule has 1 unspecified atom stereocenters. The van der Waals surface area contributed by atoms with Crippen molar-refractivity contribution in [2.24, 2.45) is 5.92 Å². The van der Waals surface area contributed by atoms with E-state index in [0.717, 1.165) is 31.3 Å². The van der Waals surface area contributed by atoms with Gasteiger partial charge in [0, 0.05) is 11.1 Å². The second-order valence-electron chi connectivity index (χ2n) is 5.80. The second kappa shape index (κ2) is 8.78. The van der Waals surface area contributed by atoms with Gasteiger partial charge in [-0.2, -0.15) is 0 Å². The third-order valence-electron chi connectivity index (χ3n) is 4.10. The van der Waals surface area contributed by atoms with Gasteiger partial charge in [-0.1, -0.05) is 43.4 Å². The standard InChI is InChI=1S/C20H24F2O/c1-3-5-6-15-7-9-16(10-8-15)18-12-11-17(14-23-13-4-2)19(21)20(18)22/h4-6,9,11-12,15H,2-3,7-8,10,13-14H2,1H3. The molecule has 1 aromatic rings. The lowest BCUT2D eigenvalue weighted by Gasteiger charge is -2.20. The van der Waals surface area contributed by atoms with Crippen molar-refractivity contribution in [3.8, 4) is 0 Å². The minimum Gasteiger partial charge on any atom is -0.373 e. The van der Waals surface area contributed by atoms with Crippen LogP contribution in [0.4, 0.5) is 8.78 Å². The van der Waals surface area contributed by atoms with Gasteiger partial charge in [0.2, 0.25) is 0 Å². The Labute approximate surface area is 137 Å². The molecule has 1 aliphatic carbocycles. The van der Waals surface area contributed by atoms with Crippen molar-refractivity contribution in [2.75, 3.05) is 6.61 Å². The molecule has 0 saturated heterocycles. The molecule has 0 heterocycles. The third-order valence-corrected chi connectivity index (χ3v) is 4.10. The van der Waals surface area contributed by atoms with E-state index in [0.29, 0.717) is 18.1 Å². The summed E-state index contributed by atoms with van der Waals surface area (Å²) < 4.78 is 33.7. The Balaban J connectivity index is 2.12. The minimum atomic E-state index is -0.805. The van der Waals surface area contributed by atoms with Crippen molar-refractivity contribution in [1.82, 2.24) is 0 Å². The largest absolute Gasteiger partial charge is 0.373 e. The van der Waals surface area contributed by atoms with E-state index >= 15 is 0 Å². The van der Waals surface area contributed by atoms with Crippen LogP contribution in [0.3, 0.4) is 0 Å². The molecule has 0 bridgehead atoms. The van der Waals surface area contributed by atoms with Crippen molar-refractivity contribution in [3.05, 3.63) is 65.8 Å². The van der Waals surface area contributed by atoms with Crippen LogP contribution < -0.4 is 0 Å². The van der Waals surface area contributed by atoms with Crippen LogP contribution in [0.15, 0.2) is 43.0 Å². The Bertz CT molecular complexity index is 602. The van der Waals surface area contributed by atoms with Gasteiger partial charge < -0.3 is 4.74 Å². The average Bonchev–Trinajstić information content (AvgIpc) is 2.58. The van der Waals surface area contributed by atoms with Gasteiger partial charge in [0.25, 0.3) is 0 Å². The van der Waals surface area contributed by atoms with Crippen LogP contribution in [0.25, 0.3) is 5.57 Å². The van der Waals surface area contributed by atoms with Gasteiger partial charge in [-0.25, -0.2) is 8.78 Å². The van der Waals surface area contributed by atoms with Crippen molar-refractivity contribution >= 4 is 5.57 Å². The Morgan fingerprint density at radius 1 is 1.30 bits per heavy atom. The zero-order chi connectivity index (χ0) is 16.7. The zero-order valence-corrected chi connectivity index (χ0v) is 13.7. The van der Waals surface area contributed by atoms with Gasteiger partial charge in [-0.15, -0.1) is 6.58 Å². The van der Waals surface area contributed by atoms with Crippen LogP contribution in [0, 0.1) is 17.6 Å². The first-order valence-corrected chi connectivity index (χ1v) is 8.19. The summed E-state index contributed by atoms with van der Waals surface area (Å²) >= 11 is 0. The van der Waals surface area contributed by atoms with Gasteiger partial charge in [-0.05, 0) is 37.2 Å². The first-order chi connectivity index (χ1) is 11.2. The Morgan fingerprint density at radius 2 is 2.13 bits per heavy atom. The molecule has 0 aromatic heterocycles. The molecule has 3 heteroatoms. The molecule has 0 spiro atoms. The molecule has 0 N–H and O–H groups in total. The molecule has 2 rings (SSSR count). The van der Waals surface area contributed by atoms with Crippen molar-refractivity contribution < 1.29 is 13.5 Å². The monoisotopic (exact) mass is 318 g/mol. The maximum atomic E-state index is 14.4. The smallest absolute Gasteiger partial charge is 0.166 e. The maximum absolute atomic E-state index is 14.4. The number of hydrogen-bond donors (Lipinski definition) is 0. The highest BCUT2D eigenvalue weighted by Crippen LogP contribution is 2.33. The lowest BCUT2D eigenvalue weighted by Crippen LogP contribution is -2.06. The molecule has 0 amide bonds. The molecule has 1 aliphatic rings. The topological polar surface area (TPSA) is 9.23 Å². The maximum Gasteiger partial charge on any atom is 0.166 e. The van der Waals surface area contributed by atoms with E-state index in [1.165, 1.54) is 0 Å². The minimum absolute atomic E-state index is 0.0536. The highest BCUT2D eigenvalue weighted by molar-refractivity contribution is 5.67. The van der Waals surface area contributed by atoms with Gasteiger partial charge in [-0.3, -0.25) is 0 Å². The molecule has 1 atom stereocenters. The number of ether oxygens (including phenoxy) is 1. The highest BCUT2D eigenvalue weighted by Gasteiger charge is 2.19. The van der Waals surface area contributed by atoms with E-state index in [1.807, 2.05) is 6.08 Å². The normalized spacial score (nSPS) is 18.2. The van der Waals surface area contributed by atoms with E-state index in [9.17, 15) is 8.78 Å². The van der Waals surface area contributed by atoms with Crippen molar-refractivity contribution in [2.45, 2.75) is 39.2 Å². The molecule has 1 aromatic carbocycles. The van der Waals surface area contributed by atoms with Crippen LogP contribution in [0.2, 0.25) is 0 Å². The van der Waals surface area contributed by atoms with Crippen LogP contribution >= 0.6 is 0 Å². The van der Waals surface area contributed by atoms with Crippen LogP contribution in [-0.4, -0.2) is 6.61 Å². The Kier molecular flexibility index (Phi) is 6.72. The molecule has 23 heavy (non-hydrogen) atoms. The fourth-order valence-corrected chi connectivity index (χ4v) is 2.80. The number of rotatable bonds is 7. The van der Waals surface area contributed by atoms with Gasteiger partial charge in [0.1, 0.15) is 0 Å². The van der Waals surface area contributed by atoms with E-state index in [4.69, 9.17) is 4.74 Å². The fraction of sp³-hybridized carbons (Fsp3) is 0.400. The van der Waals surface area contributed by atoms with Crippen LogP contribution in [0.5, 0.6) is 0 Å². The van der Waals surface area contributed by atoms with E-state index in [-0.39, 0.29) is 12.2 Å². The molecule has 0 radical (unpaired) electrons. The van der Waals surface area contributed by atoms with Gasteiger partial charge in [0.05, 0.1) is 13.2 Å². The van der Waals surface area contributed by atoms with E-state index in [2.05, 4.69) is 25.7 Å². The molecular weight excluding hydrogens is 294 g/mol. The fourth-order valence-electron chi connectivity index (χ4n) is 2.80. The summed E-state index contributed by atoms with van der Waals surface area (Å²) in [5.74, 6) is -1.06. The summed E-state index contributed by atoms with van der Waals surface area (Å²) in [7, 11) is 0. The van der Waals surface area contributed by atoms with E-state index < -0.39 is 11.6 Å². The summed E-state index contributed by atoms with van der Waals surface area (Å²) in [4.78, 5) is 0. The lowest BCUT2D eigenvalue weighted by atomic mass is 9.86. The van der Waals surface area contributed by atoms with Crippen molar-refractivity contribution in [1.29, 1.82) is 0 Å². The van der Waals surface area contributed by atoms with E-state index in [1.54, 1.807) is 18.2 Å². The highest BCUT2D eigenvalue weighted by atomic mass is 19.2. The number of benzene rings is 1. The van der Waals surface area contributed by atoms with Crippen LogP contribution in [-0.2, 0) is 11.3 Å². The molecule has 0 saturated carbocycles. The molecule has 0 aliphatic heterocycles. The Hall–Kier alpha value is -1.74. The zero-order valence-electron chi connectivity index (χ0n) is 13.7. The van der Waals surface area contributed by atoms with Gasteiger partial charge >= 0.3 is 0 Å². The quantitative estimate of drug-likeness (QED) is 0.455. The molecular formula is C20H24F2O. The summed E-state index contributed by atoms with van der Waals surface area (Å²) in [5, 5.41) is 0. The first kappa shape index (κ1) is 17.6. The first-order valence-electron chi connectivity index (χ1n) is 8.19. The SMILES string of the molecule is C=CCOCc1ccc(C2=CCC(C=CCC)CC2)c(F)c1F. The molecule has 1 nitrogen and oxygen atoms in total. The van der Waals surface area contributed by atoms with Crippen molar-refractivity contribution in [3.63, 3.8) is 0 Å². The summed E-state index contributed by atoms with van der Waals surface area (Å²) in [6.45, 7) is 6.01. The lowest BCUT2D eigenvalue weighted by molar-refractivity contribution is 0.145.